The Morgan fingerprint density at radius 1 is 1.12 bits per heavy atom. The van der Waals surface area contributed by atoms with Crippen LogP contribution < -0.4 is 0 Å². The third-order valence-corrected chi connectivity index (χ3v) is 1.40. The van der Waals surface area contributed by atoms with E-state index >= 15 is 0 Å². The molecule has 0 heterocycles. The first kappa shape index (κ1) is 18.4. The second kappa shape index (κ2) is 15.0. The monoisotopic (exact) mass is 250 g/mol. The van der Waals surface area contributed by atoms with Gasteiger partial charge < -0.3 is 24.4 Å². The molecule has 0 aliphatic rings. The summed E-state index contributed by atoms with van der Waals surface area (Å²) >= 11 is 0. The molecule has 0 unspecified atom stereocenters. The van der Waals surface area contributed by atoms with E-state index < -0.39 is 5.97 Å². The van der Waals surface area contributed by atoms with Crippen molar-refractivity contribution < 1.29 is 29.2 Å². The highest BCUT2D eigenvalue weighted by Crippen LogP contribution is 1.81. The van der Waals surface area contributed by atoms with Crippen LogP contribution in [0.15, 0.2) is 12.2 Å². The average Bonchev–Trinajstić information content (AvgIpc) is 2.29. The van der Waals surface area contributed by atoms with Gasteiger partial charge in [0.25, 0.3) is 0 Å². The fraction of sp³-hybridized carbons (Fsp3) is 0.727. The maximum absolute atomic E-state index is 9.60. The van der Waals surface area contributed by atoms with Crippen molar-refractivity contribution >= 4 is 5.97 Å². The molecule has 0 aliphatic carbocycles. The average molecular weight is 250 g/mol. The molecule has 0 aliphatic heterocycles. The highest BCUT2D eigenvalue weighted by atomic mass is 16.5. The predicted octanol–water partition coefficient (Wildman–Crippen LogP) is 0.305. The highest BCUT2D eigenvalue weighted by molar-refractivity contribution is 5.84. The minimum absolute atomic E-state index is 0.0675. The summed E-state index contributed by atoms with van der Waals surface area (Å²) in [5.41, 5.74) is 0.176. The van der Waals surface area contributed by atoms with E-state index in [9.17, 15) is 4.79 Å². The zero-order valence-corrected chi connectivity index (χ0v) is 10.5. The number of carbonyl (C=O) groups is 1. The maximum atomic E-state index is 9.60. The Balaban J connectivity index is 0. The summed E-state index contributed by atoms with van der Waals surface area (Å²) < 4.78 is 14.8. The lowest BCUT2D eigenvalue weighted by atomic mass is 10.4. The predicted molar refractivity (Wildman–Crippen MR) is 63.0 cm³/mol. The molecule has 0 aromatic heterocycles. The van der Waals surface area contributed by atoms with E-state index in [4.69, 9.17) is 24.4 Å². The van der Waals surface area contributed by atoms with E-state index in [1.807, 2.05) is 0 Å². The number of aliphatic hydroxyl groups excluding tert-OH is 1. The standard InChI is InChI=1S/C7H16O4.C4H6O2/c1-9-4-5-11-7-6-10-3-2-8;1-3(2)4(5)6/h8H,2-7H2,1H3;1H2,2H3,(H,5,6). The molecular weight excluding hydrogens is 228 g/mol. The Hall–Kier alpha value is -0.950. The van der Waals surface area contributed by atoms with Gasteiger partial charge >= 0.3 is 5.97 Å². The summed E-state index contributed by atoms with van der Waals surface area (Å²) in [4.78, 5) is 9.60. The highest BCUT2D eigenvalue weighted by Gasteiger charge is 1.90. The number of carboxylic acids is 1. The van der Waals surface area contributed by atoms with Crippen LogP contribution in [0.1, 0.15) is 6.92 Å². The first-order valence-corrected chi connectivity index (χ1v) is 5.20. The smallest absolute Gasteiger partial charge is 0.330 e. The summed E-state index contributed by atoms with van der Waals surface area (Å²) in [5, 5.41) is 16.2. The number of aliphatic carboxylic acids is 1. The Kier molecular flexibility index (Phi) is 16.3. The van der Waals surface area contributed by atoms with Gasteiger partial charge in [-0.15, -0.1) is 0 Å². The van der Waals surface area contributed by atoms with Gasteiger partial charge in [-0.05, 0) is 6.92 Å². The molecule has 0 aromatic rings. The van der Waals surface area contributed by atoms with Gasteiger partial charge in [0, 0.05) is 12.7 Å². The zero-order valence-electron chi connectivity index (χ0n) is 10.5. The molecule has 0 atom stereocenters. The SMILES string of the molecule is C=C(C)C(=O)O.COCCOCCOCCO. The van der Waals surface area contributed by atoms with Gasteiger partial charge in [-0.1, -0.05) is 6.58 Å². The molecule has 0 saturated heterocycles. The Morgan fingerprint density at radius 2 is 1.53 bits per heavy atom. The molecule has 0 fully saturated rings. The third kappa shape index (κ3) is 21.0. The van der Waals surface area contributed by atoms with Gasteiger partial charge in [-0.3, -0.25) is 0 Å². The molecule has 6 heteroatoms. The molecule has 0 rings (SSSR count). The van der Waals surface area contributed by atoms with Gasteiger partial charge in [-0.25, -0.2) is 4.79 Å². The topological polar surface area (TPSA) is 85.2 Å². The van der Waals surface area contributed by atoms with Gasteiger partial charge in [0.1, 0.15) is 0 Å². The summed E-state index contributed by atoms with van der Waals surface area (Å²) in [6.45, 7) is 7.35. The number of hydrogen-bond acceptors (Lipinski definition) is 5. The fourth-order valence-corrected chi connectivity index (χ4v) is 0.529. The third-order valence-electron chi connectivity index (χ3n) is 1.40. The lowest BCUT2D eigenvalue weighted by Crippen LogP contribution is -2.09. The van der Waals surface area contributed by atoms with Crippen LogP contribution in [-0.4, -0.2) is 62.9 Å². The first-order chi connectivity index (χ1) is 8.06. The molecule has 0 radical (unpaired) electrons. The quantitative estimate of drug-likeness (QED) is 0.452. The lowest BCUT2D eigenvalue weighted by Gasteiger charge is -2.03. The van der Waals surface area contributed by atoms with Crippen molar-refractivity contribution in [3.05, 3.63) is 12.2 Å². The van der Waals surface area contributed by atoms with Crippen molar-refractivity contribution in [3.63, 3.8) is 0 Å². The molecule has 0 amide bonds. The summed E-state index contributed by atoms with van der Waals surface area (Å²) in [6.07, 6.45) is 0. The molecule has 102 valence electrons. The van der Waals surface area contributed by atoms with Crippen molar-refractivity contribution in [1.82, 2.24) is 0 Å². The molecule has 0 spiro atoms. The fourth-order valence-electron chi connectivity index (χ4n) is 0.529. The number of ether oxygens (including phenoxy) is 3. The molecule has 0 aromatic carbocycles. The number of hydrogen-bond donors (Lipinski definition) is 2. The number of methoxy groups -OCH3 is 1. The van der Waals surface area contributed by atoms with Crippen molar-refractivity contribution in [3.8, 4) is 0 Å². The second-order valence-corrected chi connectivity index (χ2v) is 3.03. The van der Waals surface area contributed by atoms with Gasteiger partial charge in [0.05, 0.1) is 39.6 Å². The van der Waals surface area contributed by atoms with E-state index in [2.05, 4.69) is 6.58 Å². The van der Waals surface area contributed by atoms with Crippen molar-refractivity contribution in [2.24, 2.45) is 0 Å². The van der Waals surface area contributed by atoms with Crippen LogP contribution >= 0.6 is 0 Å². The van der Waals surface area contributed by atoms with Crippen LogP contribution in [0.3, 0.4) is 0 Å². The van der Waals surface area contributed by atoms with Crippen LogP contribution in [0, 0.1) is 0 Å². The van der Waals surface area contributed by atoms with Gasteiger partial charge in [0.15, 0.2) is 0 Å². The van der Waals surface area contributed by atoms with E-state index in [1.54, 1.807) is 7.11 Å². The van der Waals surface area contributed by atoms with Crippen molar-refractivity contribution in [1.29, 1.82) is 0 Å². The van der Waals surface area contributed by atoms with E-state index in [1.165, 1.54) is 6.92 Å². The molecule has 2 N–H and O–H groups in total. The second-order valence-electron chi connectivity index (χ2n) is 3.03. The summed E-state index contributed by atoms with van der Waals surface area (Å²) in [6, 6.07) is 0. The summed E-state index contributed by atoms with van der Waals surface area (Å²) in [7, 11) is 1.63. The zero-order chi connectivity index (χ0) is 13.5. The van der Waals surface area contributed by atoms with Crippen LogP contribution in [0.4, 0.5) is 0 Å². The molecular formula is C11H22O6. The maximum Gasteiger partial charge on any atom is 0.330 e. The van der Waals surface area contributed by atoms with Crippen molar-refractivity contribution in [2.45, 2.75) is 6.92 Å². The van der Waals surface area contributed by atoms with Crippen molar-refractivity contribution in [2.75, 3.05) is 46.8 Å². The normalized spacial score (nSPS) is 9.35. The lowest BCUT2D eigenvalue weighted by molar-refractivity contribution is -0.132. The van der Waals surface area contributed by atoms with Crippen LogP contribution in [0.5, 0.6) is 0 Å². The van der Waals surface area contributed by atoms with Gasteiger partial charge in [0.2, 0.25) is 0 Å². The van der Waals surface area contributed by atoms with E-state index in [0.29, 0.717) is 33.0 Å². The minimum atomic E-state index is -0.935. The molecule has 6 nitrogen and oxygen atoms in total. The Bertz CT molecular complexity index is 172. The molecule has 17 heavy (non-hydrogen) atoms. The number of aliphatic hydroxyl groups is 1. The van der Waals surface area contributed by atoms with Crippen LogP contribution in [0.25, 0.3) is 0 Å². The van der Waals surface area contributed by atoms with E-state index in [0.717, 1.165) is 0 Å². The largest absolute Gasteiger partial charge is 0.478 e. The molecule has 0 saturated carbocycles. The number of rotatable bonds is 9. The Labute approximate surface area is 102 Å². The summed E-state index contributed by atoms with van der Waals surface area (Å²) in [5.74, 6) is -0.935. The van der Waals surface area contributed by atoms with E-state index in [-0.39, 0.29) is 12.2 Å². The Morgan fingerprint density at radius 3 is 1.88 bits per heavy atom. The number of carboxylic acid groups (broad SMARTS) is 1. The minimum Gasteiger partial charge on any atom is -0.478 e. The van der Waals surface area contributed by atoms with Crippen LogP contribution in [0.2, 0.25) is 0 Å². The van der Waals surface area contributed by atoms with Crippen LogP contribution in [-0.2, 0) is 19.0 Å². The first-order valence-electron chi connectivity index (χ1n) is 5.20. The molecule has 0 bridgehead atoms. The van der Waals surface area contributed by atoms with Gasteiger partial charge in [-0.2, -0.15) is 0 Å².